The van der Waals surface area contributed by atoms with Gasteiger partial charge >= 0.3 is 0 Å². The monoisotopic (exact) mass is 452 g/mol. The number of nitrogens with zero attached hydrogens (tertiary/aromatic N) is 1. The lowest BCUT2D eigenvalue weighted by Crippen LogP contribution is -2.30. The Morgan fingerprint density at radius 1 is 0.964 bits per heavy atom. The molecule has 1 aliphatic heterocycles. The van der Waals surface area contributed by atoms with E-state index in [1.807, 2.05) is 66.7 Å². The molecule has 1 aromatic heterocycles. The van der Waals surface area contributed by atoms with Gasteiger partial charge in [-0.15, -0.1) is 0 Å². The lowest BCUT2D eigenvalue weighted by Gasteiger charge is -2.12. The van der Waals surface area contributed by atoms with E-state index in [1.54, 1.807) is 6.08 Å². The molecule has 2 heterocycles. The highest BCUT2D eigenvalue weighted by atomic mass is 79.9. The zero-order valence-electron chi connectivity index (χ0n) is 14.9. The second-order valence-electron chi connectivity index (χ2n) is 6.40. The van der Waals surface area contributed by atoms with E-state index in [-0.39, 0.29) is 11.1 Å². The number of carbonyl (C=O) groups excluding carboxylic acids is 2. The SMILES string of the molecule is O=C1SC(=Cc2ccc(-c3ccc(Br)cc3)[nH]2)C(=O)N1CCc1ccccc1. The molecule has 4 rings (SSSR count). The summed E-state index contributed by atoms with van der Waals surface area (Å²) in [6.07, 6.45) is 2.40. The maximum absolute atomic E-state index is 12.7. The van der Waals surface area contributed by atoms with E-state index in [0.717, 1.165) is 38.7 Å². The van der Waals surface area contributed by atoms with Gasteiger partial charge < -0.3 is 4.98 Å². The smallest absolute Gasteiger partial charge is 0.293 e. The van der Waals surface area contributed by atoms with Crippen molar-refractivity contribution in [2.75, 3.05) is 6.54 Å². The first-order valence-electron chi connectivity index (χ1n) is 8.84. The van der Waals surface area contributed by atoms with E-state index in [2.05, 4.69) is 20.9 Å². The minimum absolute atomic E-state index is 0.216. The number of benzene rings is 2. The van der Waals surface area contributed by atoms with Crippen molar-refractivity contribution in [2.45, 2.75) is 6.42 Å². The van der Waals surface area contributed by atoms with Crippen molar-refractivity contribution in [3.63, 3.8) is 0 Å². The molecule has 4 nitrogen and oxygen atoms in total. The average Bonchev–Trinajstić information content (AvgIpc) is 3.27. The van der Waals surface area contributed by atoms with E-state index in [1.165, 1.54) is 4.90 Å². The summed E-state index contributed by atoms with van der Waals surface area (Å²) < 4.78 is 1.02. The molecule has 0 saturated carbocycles. The Hall–Kier alpha value is -2.57. The van der Waals surface area contributed by atoms with Gasteiger partial charge in [0, 0.05) is 22.4 Å². The summed E-state index contributed by atoms with van der Waals surface area (Å²) in [4.78, 5) is 30.0. The summed E-state index contributed by atoms with van der Waals surface area (Å²) in [5.74, 6) is -0.231. The first-order valence-corrected chi connectivity index (χ1v) is 10.5. The second-order valence-corrected chi connectivity index (χ2v) is 8.31. The molecular weight excluding hydrogens is 436 g/mol. The van der Waals surface area contributed by atoms with Crippen LogP contribution in [-0.2, 0) is 11.2 Å². The number of hydrogen-bond donors (Lipinski definition) is 1. The molecule has 2 amide bonds. The highest BCUT2D eigenvalue weighted by molar-refractivity contribution is 9.10. The summed E-state index contributed by atoms with van der Waals surface area (Å²) in [5.41, 5.74) is 3.92. The number of nitrogens with one attached hydrogen (secondary N) is 1. The Morgan fingerprint density at radius 2 is 1.71 bits per heavy atom. The molecule has 1 saturated heterocycles. The van der Waals surface area contributed by atoms with Crippen LogP contribution in [0.4, 0.5) is 4.79 Å². The third kappa shape index (κ3) is 4.13. The molecule has 3 aromatic rings. The van der Waals surface area contributed by atoms with Crippen molar-refractivity contribution in [3.05, 3.63) is 87.4 Å². The molecule has 1 aliphatic rings. The van der Waals surface area contributed by atoms with Gasteiger partial charge in [0.2, 0.25) is 0 Å². The summed E-state index contributed by atoms with van der Waals surface area (Å²) in [6.45, 7) is 0.390. The van der Waals surface area contributed by atoms with Crippen LogP contribution in [0.3, 0.4) is 0 Å². The summed E-state index contributed by atoms with van der Waals surface area (Å²) in [6, 6.07) is 21.7. The number of amides is 2. The molecule has 0 unspecified atom stereocenters. The number of aromatic nitrogens is 1. The molecule has 0 bridgehead atoms. The largest absolute Gasteiger partial charge is 0.355 e. The van der Waals surface area contributed by atoms with Crippen molar-refractivity contribution < 1.29 is 9.59 Å². The number of imide groups is 1. The van der Waals surface area contributed by atoms with Gasteiger partial charge in [-0.1, -0.05) is 58.4 Å². The maximum atomic E-state index is 12.7. The Kier molecular flexibility index (Phi) is 5.50. The van der Waals surface area contributed by atoms with Crippen LogP contribution in [0.2, 0.25) is 0 Å². The van der Waals surface area contributed by atoms with E-state index >= 15 is 0 Å². The molecule has 28 heavy (non-hydrogen) atoms. The average molecular weight is 453 g/mol. The third-order valence-corrected chi connectivity index (χ3v) is 5.93. The molecule has 6 heteroatoms. The molecule has 0 atom stereocenters. The molecule has 0 spiro atoms. The topological polar surface area (TPSA) is 53.2 Å². The fourth-order valence-corrected chi connectivity index (χ4v) is 4.13. The van der Waals surface area contributed by atoms with Crippen molar-refractivity contribution in [1.29, 1.82) is 0 Å². The Labute approximate surface area is 175 Å². The zero-order valence-corrected chi connectivity index (χ0v) is 17.3. The van der Waals surface area contributed by atoms with Gasteiger partial charge in [-0.25, -0.2) is 0 Å². The van der Waals surface area contributed by atoms with Crippen LogP contribution in [-0.4, -0.2) is 27.6 Å². The van der Waals surface area contributed by atoms with Crippen LogP contribution >= 0.6 is 27.7 Å². The van der Waals surface area contributed by atoms with Crippen molar-refractivity contribution in [1.82, 2.24) is 9.88 Å². The van der Waals surface area contributed by atoms with Crippen LogP contribution < -0.4 is 0 Å². The van der Waals surface area contributed by atoms with Gasteiger partial charge in [0.15, 0.2) is 0 Å². The van der Waals surface area contributed by atoms with Gasteiger partial charge in [0.25, 0.3) is 11.1 Å². The van der Waals surface area contributed by atoms with Crippen molar-refractivity contribution in [3.8, 4) is 11.3 Å². The van der Waals surface area contributed by atoms with E-state index in [4.69, 9.17) is 0 Å². The number of H-pyrrole nitrogens is 1. The first-order chi connectivity index (χ1) is 13.6. The fourth-order valence-electron chi connectivity index (χ4n) is 3.01. The molecule has 0 aliphatic carbocycles. The lowest BCUT2D eigenvalue weighted by molar-refractivity contribution is -0.122. The zero-order chi connectivity index (χ0) is 19.5. The quantitative estimate of drug-likeness (QED) is 0.503. The van der Waals surface area contributed by atoms with Crippen LogP contribution in [0.15, 0.2) is 76.1 Å². The Morgan fingerprint density at radius 3 is 2.46 bits per heavy atom. The van der Waals surface area contributed by atoms with E-state index in [9.17, 15) is 9.59 Å². The van der Waals surface area contributed by atoms with Crippen LogP contribution in [0, 0.1) is 0 Å². The number of carbonyl (C=O) groups is 2. The Balaban J connectivity index is 1.47. The third-order valence-electron chi connectivity index (χ3n) is 4.49. The molecule has 140 valence electrons. The standard InChI is InChI=1S/C22H17BrN2O2S/c23-17-8-6-16(7-9-17)19-11-10-18(24-19)14-20-21(26)25(22(27)28-20)13-12-15-4-2-1-3-5-15/h1-11,14,24H,12-13H2. The number of hydrogen-bond acceptors (Lipinski definition) is 3. The summed E-state index contributed by atoms with van der Waals surface area (Å²) in [7, 11) is 0. The van der Waals surface area contributed by atoms with Gasteiger partial charge in [-0.3, -0.25) is 14.5 Å². The van der Waals surface area contributed by atoms with Gasteiger partial charge in [0.1, 0.15) is 0 Å². The second kappa shape index (κ2) is 8.20. The molecular formula is C22H17BrN2O2S. The molecule has 0 radical (unpaired) electrons. The maximum Gasteiger partial charge on any atom is 0.293 e. The van der Waals surface area contributed by atoms with Gasteiger partial charge in [-0.05, 0) is 59.7 Å². The van der Waals surface area contributed by atoms with Gasteiger partial charge in [-0.2, -0.15) is 0 Å². The normalized spacial score (nSPS) is 15.6. The van der Waals surface area contributed by atoms with E-state index < -0.39 is 0 Å². The highest BCUT2D eigenvalue weighted by Gasteiger charge is 2.34. The van der Waals surface area contributed by atoms with Crippen LogP contribution in [0.1, 0.15) is 11.3 Å². The number of halogens is 1. The molecule has 1 N–H and O–H groups in total. The number of rotatable bonds is 5. The molecule has 2 aromatic carbocycles. The predicted octanol–water partition coefficient (Wildman–Crippen LogP) is 5.72. The summed E-state index contributed by atoms with van der Waals surface area (Å²) in [5, 5.41) is -0.216. The van der Waals surface area contributed by atoms with E-state index in [0.29, 0.717) is 17.9 Å². The van der Waals surface area contributed by atoms with Crippen molar-refractivity contribution in [2.24, 2.45) is 0 Å². The van der Waals surface area contributed by atoms with Crippen LogP contribution in [0.25, 0.3) is 17.3 Å². The first kappa shape index (κ1) is 18.8. The van der Waals surface area contributed by atoms with Crippen LogP contribution in [0.5, 0.6) is 0 Å². The Bertz CT molecular complexity index is 1040. The van der Waals surface area contributed by atoms with Crippen molar-refractivity contribution >= 4 is 44.9 Å². The number of aromatic amines is 1. The fraction of sp³-hybridized carbons (Fsp3) is 0.0909. The molecule has 1 fully saturated rings. The minimum atomic E-state index is -0.231. The minimum Gasteiger partial charge on any atom is -0.355 e. The van der Waals surface area contributed by atoms with Gasteiger partial charge in [0.05, 0.1) is 4.91 Å². The summed E-state index contributed by atoms with van der Waals surface area (Å²) >= 11 is 4.42. The predicted molar refractivity (Wildman–Crippen MR) is 117 cm³/mol. The number of thioether (sulfide) groups is 1. The highest BCUT2D eigenvalue weighted by Crippen LogP contribution is 2.32. The lowest BCUT2D eigenvalue weighted by atomic mass is 10.1.